The molecule has 0 radical (unpaired) electrons. The van der Waals surface area contributed by atoms with Crippen molar-refractivity contribution in [1.82, 2.24) is 0 Å². The van der Waals surface area contributed by atoms with E-state index in [0.717, 1.165) is 11.6 Å². The second-order valence-corrected chi connectivity index (χ2v) is 3.10. The molecule has 1 unspecified atom stereocenters. The number of hydrogen-bond acceptors (Lipinski definition) is 3. The quantitative estimate of drug-likeness (QED) is 0.688. The maximum atomic E-state index is 10.1. The molecular formula is C12H14O5. The van der Waals surface area contributed by atoms with Gasteiger partial charge in [0.1, 0.15) is 6.10 Å². The summed E-state index contributed by atoms with van der Waals surface area (Å²) >= 11 is 0. The molecule has 0 saturated heterocycles. The minimum atomic E-state index is -1.23. The molecule has 0 aliphatic rings. The first-order valence-corrected chi connectivity index (χ1v) is 4.80. The van der Waals surface area contributed by atoms with Gasteiger partial charge < -0.3 is 15.3 Å². The summed E-state index contributed by atoms with van der Waals surface area (Å²) in [6, 6.07) is 9.31. The molecule has 1 aromatic carbocycles. The molecule has 3 N–H and O–H groups in total. The van der Waals surface area contributed by atoms with Crippen molar-refractivity contribution in [2.75, 3.05) is 0 Å². The van der Waals surface area contributed by atoms with Gasteiger partial charge in [-0.3, -0.25) is 0 Å². The van der Waals surface area contributed by atoms with Crippen LogP contribution in [0.1, 0.15) is 12.5 Å². The largest absolute Gasteiger partial charge is 0.479 e. The Balaban J connectivity index is 0.000000366. The zero-order valence-electron chi connectivity index (χ0n) is 9.28. The van der Waals surface area contributed by atoms with E-state index < -0.39 is 18.0 Å². The number of aliphatic carboxylic acids is 2. The third-order valence-corrected chi connectivity index (χ3v) is 1.58. The van der Waals surface area contributed by atoms with E-state index in [-0.39, 0.29) is 0 Å². The number of aliphatic hydroxyl groups is 1. The molecule has 0 amide bonds. The van der Waals surface area contributed by atoms with E-state index in [1.165, 1.54) is 6.92 Å². The highest BCUT2D eigenvalue weighted by atomic mass is 16.4. The Kier molecular flexibility index (Phi) is 7.05. The first kappa shape index (κ1) is 14.9. The SMILES string of the molecule is CC(O)C(=O)O.O=C(O)/C=C/c1ccccc1. The van der Waals surface area contributed by atoms with E-state index in [9.17, 15) is 9.59 Å². The van der Waals surface area contributed by atoms with Gasteiger partial charge in [-0.2, -0.15) is 0 Å². The molecule has 1 aromatic rings. The highest BCUT2D eigenvalue weighted by Crippen LogP contribution is 1.99. The first-order chi connectivity index (χ1) is 7.93. The van der Waals surface area contributed by atoms with Crippen molar-refractivity contribution in [2.45, 2.75) is 13.0 Å². The van der Waals surface area contributed by atoms with Gasteiger partial charge >= 0.3 is 11.9 Å². The van der Waals surface area contributed by atoms with Crippen LogP contribution in [0.5, 0.6) is 0 Å². The fraction of sp³-hybridized carbons (Fsp3) is 0.167. The predicted octanol–water partition coefficient (Wildman–Crippen LogP) is 1.24. The van der Waals surface area contributed by atoms with Gasteiger partial charge in [0, 0.05) is 6.08 Å². The number of aliphatic hydroxyl groups excluding tert-OH is 1. The number of hydrogen-bond donors (Lipinski definition) is 3. The van der Waals surface area contributed by atoms with Gasteiger partial charge in [0.25, 0.3) is 0 Å². The van der Waals surface area contributed by atoms with Crippen LogP contribution >= 0.6 is 0 Å². The standard InChI is InChI=1S/C9H8O2.C3H6O3/c10-9(11)7-6-8-4-2-1-3-5-8;1-2(4)3(5)6/h1-7H,(H,10,11);2,4H,1H3,(H,5,6)/b7-6+;. The van der Waals surface area contributed by atoms with Gasteiger partial charge in [-0.25, -0.2) is 9.59 Å². The van der Waals surface area contributed by atoms with Crippen molar-refractivity contribution in [3.63, 3.8) is 0 Å². The smallest absolute Gasteiger partial charge is 0.332 e. The van der Waals surface area contributed by atoms with Crippen LogP contribution in [0, 0.1) is 0 Å². The Morgan fingerprint density at radius 1 is 1.18 bits per heavy atom. The van der Waals surface area contributed by atoms with Crippen LogP contribution < -0.4 is 0 Å². The van der Waals surface area contributed by atoms with Crippen molar-refractivity contribution in [2.24, 2.45) is 0 Å². The number of carboxylic acid groups (broad SMARTS) is 2. The lowest BCUT2D eigenvalue weighted by atomic mass is 10.2. The van der Waals surface area contributed by atoms with Crippen LogP contribution in [0.2, 0.25) is 0 Å². The first-order valence-electron chi connectivity index (χ1n) is 4.80. The Hall–Kier alpha value is -2.14. The van der Waals surface area contributed by atoms with Crippen molar-refractivity contribution >= 4 is 18.0 Å². The third kappa shape index (κ3) is 8.83. The number of carboxylic acids is 2. The summed E-state index contributed by atoms with van der Waals surface area (Å²) in [6.07, 6.45) is 1.45. The topological polar surface area (TPSA) is 94.8 Å². The molecule has 0 spiro atoms. The molecule has 5 heteroatoms. The number of carbonyl (C=O) groups is 2. The molecule has 0 fully saturated rings. The van der Waals surface area contributed by atoms with Crippen molar-refractivity contribution < 1.29 is 24.9 Å². The van der Waals surface area contributed by atoms with E-state index in [1.807, 2.05) is 30.3 Å². The molecule has 92 valence electrons. The fourth-order valence-electron chi connectivity index (χ4n) is 0.732. The maximum absolute atomic E-state index is 10.1. The second-order valence-electron chi connectivity index (χ2n) is 3.10. The molecule has 1 atom stereocenters. The summed E-state index contributed by atoms with van der Waals surface area (Å²) in [5, 5.41) is 24.1. The molecule has 0 heterocycles. The second kappa shape index (κ2) is 8.06. The minimum absolute atomic E-state index is 0.898. The van der Waals surface area contributed by atoms with Gasteiger partial charge in [-0.05, 0) is 18.6 Å². The maximum Gasteiger partial charge on any atom is 0.332 e. The van der Waals surface area contributed by atoms with E-state index >= 15 is 0 Å². The molecule has 0 bridgehead atoms. The Morgan fingerprint density at radius 2 is 1.65 bits per heavy atom. The van der Waals surface area contributed by atoms with E-state index in [1.54, 1.807) is 6.08 Å². The van der Waals surface area contributed by atoms with Crippen molar-refractivity contribution in [1.29, 1.82) is 0 Å². The van der Waals surface area contributed by atoms with Gasteiger partial charge in [-0.1, -0.05) is 30.3 Å². The Morgan fingerprint density at radius 3 is 2.00 bits per heavy atom. The highest BCUT2D eigenvalue weighted by molar-refractivity contribution is 5.85. The molecule has 17 heavy (non-hydrogen) atoms. The molecule has 0 saturated carbocycles. The van der Waals surface area contributed by atoms with Crippen LogP contribution in [-0.2, 0) is 9.59 Å². The van der Waals surface area contributed by atoms with Gasteiger partial charge in [-0.15, -0.1) is 0 Å². The lowest BCUT2D eigenvalue weighted by Gasteiger charge is -1.89. The summed E-state index contributed by atoms with van der Waals surface area (Å²) in [7, 11) is 0. The third-order valence-electron chi connectivity index (χ3n) is 1.58. The molecule has 0 aromatic heterocycles. The lowest BCUT2D eigenvalue weighted by Crippen LogP contribution is -2.13. The molecule has 0 aliphatic heterocycles. The molecular weight excluding hydrogens is 224 g/mol. The van der Waals surface area contributed by atoms with E-state index in [2.05, 4.69) is 0 Å². The Labute approximate surface area is 98.6 Å². The molecule has 0 aliphatic carbocycles. The van der Waals surface area contributed by atoms with E-state index in [4.69, 9.17) is 15.3 Å². The summed E-state index contributed by atoms with van der Waals surface area (Å²) in [5.74, 6) is -2.11. The van der Waals surface area contributed by atoms with Crippen molar-refractivity contribution in [3.8, 4) is 0 Å². The normalized spacial score (nSPS) is 11.4. The van der Waals surface area contributed by atoms with Gasteiger partial charge in [0.15, 0.2) is 0 Å². The van der Waals surface area contributed by atoms with E-state index in [0.29, 0.717) is 0 Å². The highest BCUT2D eigenvalue weighted by Gasteiger charge is 2.01. The van der Waals surface area contributed by atoms with Crippen LogP contribution in [0.3, 0.4) is 0 Å². The summed E-state index contributed by atoms with van der Waals surface area (Å²) < 4.78 is 0. The predicted molar refractivity (Wildman–Crippen MR) is 62.4 cm³/mol. The minimum Gasteiger partial charge on any atom is -0.479 e. The van der Waals surface area contributed by atoms with Crippen LogP contribution in [0.25, 0.3) is 6.08 Å². The van der Waals surface area contributed by atoms with Crippen LogP contribution in [0.4, 0.5) is 0 Å². The number of benzene rings is 1. The summed E-state index contributed by atoms with van der Waals surface area (Å²) in [4.78, 5) is 19.5. The summed E-state index contributed by atoms with van der Waals surface area (Å²) in [5.41, 5.74) is 0.898. The average molecular weight is 238 g/mol. The molecule has 1 rings (SSSR count). The Bertz CT molecular complexity index is 381. The fourth-order valence-corrected chi connectivity index (χ4v) is 0.732. The van der Waals surface area contributed by atoms with Gasteiger partial charge in [0.2, 0.25) is 0 Å². The van der Waals surface area contributed by atoms with Crippen LogP contribution in [-0.4, -0.2) is 33.4 Å². The zero-order chi connectivity index (χ0) is 13.3. The number of rotatable bonds is 3. The summed E-state index contributed by atoms with van der Waals surface area (Å²) in [6.45, 7) is 1.20. The molecule has 5 nitrogen and oxygen atoms in total. The monoisotopic (exact) mass is 238 g/mol. The van der Waals surface area contributed by atoms with Crippen molar-refractivity contribution in [3.05, 3.63) is 42.0 Å². The average Bonchev–Trinajstić information content (AvgIpc) is 2.28. The lowest BCUT2D eigenvalue weighted by molar-refractivity contribution is -0.145. The zero-order valence-corrected chi connectivity index (χ0v) is 9.28. The van der Waals surface area contributed by atoms with Gasteiger partial charge in [0.05, 0.1) is 0 Å². The van der Waals surface area contributed by atoms with Crippen LogP contribution in [0.15, 0.2) is 36.4 Å².